The third-order valence-corrected chi connectivity index (χ3v) is 1.74. The molecular formula is C8H7F5N2O. The summed E-state index contributed by atoms with van der Waals surface area (Å²) in [6.45, 7) is 0. The van der Waals surface area contributed by atoms with Gasteiger partial charge in [0, 0.05) is 0 Å². The van der Waals surface area contributed by atoms with E-state index in [4.69, 9.17) is 5.73 Å². The Labute approximate surface area is 87.0 Å². The molecule has 0 spiro atoms. The predicted molar refractivity (Wildman–Crippen MR) is 45.2 cm³/mol. The lowest BCUT2D eigenvalue weighted by Gasteiger charge is -2.14. The summed E-state index contributed by atoms with van der Waals surface area (Å²) in [6.07, 6.45) is -7.82. The molecule has 1 aromatic heterocycles. The van der Waals surface area contributed by atoms with Crippen molar-refractivity contribution < 1.29 is 26.7 Å². The van der Waals surface area contributed by atoms with Gasteiger partial charge in [-0.1, -0.05) is 0 Å². The summed E-state index contributed by atoms with van der Waals surface area (Å²) in [5.41, 5.74) is 2.00. The number of pyridine rings is 1. The quantitative estimate of drug-likeness (QED) is 0.811. The molecule has 0 saturated carbocycles. The number of halogens is 5. The molecule has 8 heteroatoms. The maximum absolute atomic E-state index is 12.4. The van der Waals surface area contributed by atoms with Gasteiger partial charge in [0.2, 0.25) is 5.88 Å². The van der Waals surface area contributed by atoms with Crippen LogP contribution in [0.4, 0.5) is 27.6 Å². The van der Waals surface area contributed by atoms with Gasteiger partial charge in [-0.05, 0) is 6.07 Å². The molecule has 0 fully saturated rings. The van der Waals surface area contributed by atoms with Crippen LogP contribution in [0.1, 0.15) is 17.7 Å². The van der Waals surface area contributed by atoms with Crippen molar-refractivity contribution in [3.63, 3.8) is 0 Å². The molecule has 0 atom stereocenters. The molecule has 0 bridgehead atoms. The van der Waals surface area contributed by atoms with Crippen LogP contribution in [0.2, 0.25) is 0 Å². The summed E-state index contributed by atoms with van der Waals surface area (Å²) in [7, 11) is 0.895. The zero-order valence-electron chi connectivity index (χ0n) is 7.98. The van der Waals surface area contributed by atoms with Gasteiger partial charge in [0.15, 0.2) is 0 Å². The zero-order valence-corrected chi connectivity index (χ0v) is 7.98. The van der Waals surface area contributed by atoms with Crippen LogP contribution in [0.3, 0.4) is 0 Å². The van der Waals surface area contributed by atoms with Crippen molar-refractivity contribution in [2.75, 3.05) is 12.8 Å². The van der Waals surface area contributed by atoms with E-state index in [1.165, 1.54) is 0 Å². The van der Waals surface area contributed by atoms with Crippen LogP contribution in [-0.4, -0.2) is 12.1 Å². The molecule has 1 heterocycles. The van der Waals surface area contributed by atoms with Gasteiger partial charge in [-0.15, -0.1) is 0 Å². The number of nitrogens with zero attached hydrogens (tertiary/aromatic N) is 1. The van der Waals surface area contributed by atoms with E-state index in [2.05, 4.69) is 9.72 Å². The van der Waals surface area contributed by atoms with Gasteiger partial charge in [-0.3, -0.25) is 0 Å². The first-order valence-corrected chi connectivity index (χ1v) is 3.97. The van der Waals surface area contributed by atoms with E-state index >= 15 is 0 Å². The number of anilines is 1. The van der Waals surface area contributed by atoms with E-state index in [-0.39, 0.29) is 0 Å². The SMILES string of the molecule is COc1nc(C(F)F)cc(N)c1C(F)(F)F. The van der Waals surface area contributed by atoms with Crippen LogP contribution < -0.4 is 10.5 Å². The highest BCUT2D eigenvalue weighted by atomic mass is 19.4. The standard InChI is InChI=1S/C8H7F5N2O/c1-16-7-5(8(11,12)13)3(14)2-4(15-7)6(9)10/h2,6H,1H3,(H2,14,15). The number of aromatic nitrogens is 1. The van der Waals surface area contributed by atoms with Crippen molar-refractivity contribution in [1.29, 1.82) is 0 Å². The summed E-state index contributed by atoms with van der Waals surface area (Å²) >= 11 is 0. The largest absolute Gasteiger partial charge is 0.480 e. The molecular weight excluding hydrogens is 235 g/mol. The summed E-state index contributed by atoms with van der Waals surface area (Å²) in [5.74, 6) is -0.956. The van der Waals surface area contributed by atoms with E-state index < -0.39 is 35.4 Å². The fourth-order valence-electron chi connectivity index (χ4n) is 1.10. The Morgan fingerprint density at radius 3 is 2.31 bits per heavy atom. The molecule has 0 aliphatic heterocycles. The average Bonchev–Trinajstić information content (AvgIpc) is 2.14. The summed E-state index contributed by atoms with van der Waals surface area (Å²) in [6, 6.07) is 0.482. The van der Waals surface area contributed by atoms with E-state index in [0.717, 1.165) is 7.11 Å². The van der Waals surface area contributed by atoms with Gasteiger partial charge < -0.3 is 10.5 Å². The van der Waals surface area contributed by atoms with E-state index in [9.17, 15) is 22.0 Å². The number of rotatable bonds is 2. The highest BCUT2D eigenvalue weighted by molar-refractivity contribution is 5.54. The van der Waals surface area contributed by atoms with Crippen LogP contribution in [-0.2, 0) is 6.18 Å². The Morgan fingerprint density at radius 2 is 1.94 bits per heavy atom. The molecule has 0 aliphatic rings. The Kier molecular flexibility index (Phi) is 3.20. The second-order valence-corrected chi connectivity index (χ2v) is 2.82. The lowest BCUT2D eigenvalue weighted by atomic mass is 10.2. The van der Waals surface area contributed by atoms with Crippen molar-refractivity contribution >= 4 is 5.69 Å². The zero-order chi connectivity index (χ0) is 12.5. The Morgan fingerprint density at radius 1 is 1.38 bits per heavy atom. The first kappa shape index (κ1) is 12.5. The third kappa shape index (κ3) is 2.31. The van der Waals surface area contributed by atoms with Gasteiger partial charge in [-0.25, -0.2) is 13.8 Å². The molecule has 0 saturated heterocycles. The molecule has 0 aromatic carbocycles. The van der Waals surface area contributed by atoms with Crippen LogP contribution in [0.5, 0.6) is 5.88 Å². The van der Waals surface area contributed by atoms with Gasteiger partial charge in [0.1, 0.15) is 11.3 Å². The summed E-state index contributed by atoms with van der Waals surface area (Å²) in [4.78, 5) is 3.05. The number of nitrogen functional groups attached to an aromatic ring is 1. The highest BCUT2D eigenvalue weighted by Crippen LogP contribution is 2.40. The number of methoxy groups -OCH3 is 1. The smallest absolute Gasteiger partial charge is 0.423 e. The highest BCUT2D eigenvalue weighted by Gasteiger charge is 2.38. The molecule has 90 valence electrons. The molecule has 2 N–H and O–H groups in total. The van der Waals surface area contributed by atoms with Crippen LogP contribution in [0.15, 0.2) is 6.07 Å². The molecule has 0 aliphatic carbocycles. The number of nitrogens with two attached hydrogens (primary N) is 1. The van der Waals surface area contributed by atoms with E-state index in [1.54, 1.807) is 0 Å². The van der Waals surface area contributed by atoms with Crippen LogP contribution in [0, 0.1) is 0 Å². The first-order chi connectivity index (χ1) is 7.27. The van der Waals surface area contributed by atoms with Crippen molar-refractivity contribution in [3.8, 4) is 5.88 Å². The molecule has 16 heavy (non-hydrogen) atoms. The van der Waals surface area contributed by atoms with Crippen molar-refractivity contribution in [2.24, 2.45) is 0 Å². The van der Waals surface area contributed by atoms with Gasteiger partial charge in [-0.2, -0.15) is 13.2 Å². The maximum atomic E-state index is 12.4. The average molecular weight is 242 g/mol. The Hall–Kier alpha value is -1.60. The molecule has 0 radical (unpaired) electrons. The second kappa shape index (κ2) is 4.11. The summed E-state index contributed by atoms with van der Waals surface area (Å²) < 4.78 is 66.1. The lowest BCUT2D eigenvalue weighted by molar-refractivity contribution is -0.138. The minimum atomic E-state index is -4.80. The molecule has 0 amide bonds. The molecule has 1 aromatic rings. The number of ether oxygens (including phenoxy) is 1. The number of hydrogen-bond donors (Lipinski definition) is 1. The van der Waals surface area contributed by atoms with Crippen LogP contribution >= 0.6 is 0 Å². The maximum Gasteiger partial charge on any atom is 0.423 e. The van der Waals surface area contributed by atoms with Crippen molar-refractivity contribution in [1.82, 2.24) is 4.98 Å². The predicted octanol–water partition coefficient (Wildman–Crippen LogP) is 2.63. The monoisotopic (exact) mass is 242 g/mol. The van der Waals surface area contributed by atoms with E-state index in [1.807, 2.05) is 0 Å². The van der Waals surface area contributed by atoms with Gasteiger partial charge in [0.25, 0.3) is 6.43 Å². The molecule has 3 nitrogen and oxygen atoms in total. The lowest BCUT2D eigenvalue weighted by Crippen LogP contribution is -2.13. The van der Waals surface area contributed by atoms with E-state index in [0.29, 0.717) is 6.07 Å². The minimum Gasteiger partial charge on any atom is -0.480 e. The molecule has 0 unspecified atom stereocenters. The van der Waals surface area contributed by atoms with Crippen molar-refractivity contribution in [3.05, 3.63) is 17.3 Å². The summed E-state index contributed by atoms with van der Waals surface area (Å²) in [5, 5.41) is 0. The van der Waals surface area contributed by atoms with Crippen LogP contribution in [0.25, 0.3) is 0 Å². The number of alkyl halides is 5. The topological polar surface area (TPSA) is 48.1 Å². The van der Waals surface area contributed by atoms with Gasteiger partial charge in [0.05, 0.1) is 12.8 Å². The normalized spacial score (nSPS) is 11.9. The minimum absolute atomic E-state index is 0.482. The third-order valence-electron chi connectivity index (χ3n) is 1.74. The number of hydrogen-bond acceptors (Lipinski definition) is 3. The first-order valence-electron chi connectivity index (χ1n) is 3.97. The fraction of sp³-hybridized carbons (Fsp3) is 0.375. The fourth-order valence-corrected chi connectivity index (χ4v) is 1.10. The Balaban J connectivity index is 3.41. The molecule has 1 rings (SSSR count). The second-order valence-electron chi connectivity index (χ2n) is 2.82. The Bertz CT molecular complexity index is 391. The van der Waals surface area contributed by atoms with Crippen molar-refractivity contribution in [2.45, 2.75) is 12.6 Å². The van der Waals surface area contributed by atoms with Gasteiger partial charge >= 0.3 is 6.18 Å².